The molecule has 0 aliphatic carbocycles. The number of nitrogens with zero attached hydrogens (tertiary/aromatic N) is 2. The summed E-state index contributed by atoms with van der Waals surface area (Å²) in [5.41, 5.74) is 4.17. The van der Waals surface area contributed by atoms with Crippen molar-refractivity contribution in [3.63, 3.8) is 0 Å². The number of hydrogen-bond acceptors (Lipinski definition) is 6. The summed E-state index contributed by atoms with van der Waals surface area (Å²) in [6, 6.07) is 9.45. The highest BCUT2D eigenvalue weighted by molar-refractivity contribution is 6.32. The second kappa shape index (κ2) is 9.05. The van der Waals surface area contributed by atoms with Crippen LogP contribution >= 0.6 is 11.6 Å². The van der Waals surface area contributed by atoms with Crippen LogP contribution in [0.1, 0.15) is 25.8 Å². The van der Waals surface area contributed by atoms with Crippen LogP contribution in [0.2, 0.25) is 5.02 Å². The minimum Gasteiger partial charge on any atom is -0.493 e. The average molecular weight is 378 g/mol. The summed E-state index contributed by atoms with van der Waals surface area (Å²) in [4.78, 5) is 10.2. The summed E-state index contributed by atoms with van der Waals surface area (Å²) in [6.45, 7) is 3.98. The van der Waals surface area contributed by atoms with Gasteiger partial charge in [0.15, 0.2) is 11.5 Å². The highest BCUT2D eigenvalue weighted by Crippen LogP contribution is 2.37. The van der Waals surface area contributed by atoms with Crippen molar-refractivity contribution in [3.05, 3.63) is 57.1 Å². The number of nitro groups is 1. The highest BCUT2D eigenvalue weighted by atomic mass is 35.5. The Morgan fingerprint density at radius 3 is 2.62 bits per heavy atom. The number of non-ortho nitro benzene ring substituents is 1. The van der Waals surface area contributed by atoms with Crippen LogP contribution in [-0.2, 0) is 0 Å². The van der Waals surface area contributed by atoms with Gasteiger partial charge < -0.3 is 9.47 Å². The molecule has 1 atom stereocenters. The average Bonchev–Trinajstić information content (AvgIpc) is 2.63. The lowest BCUT2D eigenvalue weighted by molar-refractivity contribution is -0.384. The Labute approximate surface area is 156 Å². The maximum absolute atomic E-state index is 10.6. The van der Waals surface area contributed by atoms with Gasteiger partial charge in [-0.3, -0.25) is 15.5 Å². The first kappa shape index (κ1) is 19.5. The Kier molecular flexibility index (Phi) is 6.80. The van der Waals surface area contributed by atoms with E-state index in [1.165, 1.54) is 12.1 Å². The maximum atomic E-state index is 10.6. The molecule has 0 saturated heterocycles. The molecule has 138 valence electrons. The molecule has 0 aromatic heterocycles. The van der Waals surface area contributed by atoms with E-state index in [1.807, 2.05) is 13.8 Å². The van der Waals surface area contributed by atoms with E-state index >= 15 is 0 Å². The van der Waals surface area contributed by atoms with Crippen LogP contribution in [0.15, 0.2) is 41.5 Å². The monoisotopic (exact) mass is 377 g/mol. The Morgan fingerprint density at radius 2 is 2.04 bits per heavy atom. The lowest BCUT2D eigenvalue weighted by Crippen LogP contribution is -2.11. The van der Waals surface area contributed by atoms with Gasteiger partial charge in [0.05, 0.1) is 35.1 Å². The van der Waals surface area contributed by atoms with E-state index in [2.05, 4.69) is 10.5 Å². The number of ether oxygens (including phenoxy) is 2. The summed E-state index contributed by atoms with van der Waals surface area (Å²) in [6.07, 6.45) is 2.44. The van der Waals surface area contributed by atoms with E-state index in [9.17, 15) is 10.1 Å². The van der Waals surface area contributed by atoms with E-state index in [0.717, 1.165) is 12.0 Å². The first-order chi connectivity index (χ1) is 12.4. The molecule has 26 heavy (non-hydrogen) atoms. The van der Waals surface area contributed by atoms with Gasteiger partial charge in [-0.15, -0.1) is 0 Å². The zero-order chi connectivity index (χ0) is 19.1. The number of halogens is 1. The smallest absolute Gasteiger partial charge is 0.269 e. The van der Waals surface area contributed by atoms with Crippen LogP contribution in [-0.4, -0.2) is 24.4 Å². The predicted octanol–water partition coefficient (Wildman–Crippen LogP) is 4.88. The zero-order valence-electron chi connectivity index (χ0n) is 14.7. The zero-order valence-corrected chi connectivity index (χ0v) is 15.5. The molecule has 0 spiro atoms. The maximum Gasteiger partial charge on any atom is 0.269 e. The molecule has 0 unspecified atom stereocenters. The van der Waals surface area contributed by atoms with Crippen molar-refractivity contribution in [2.24, 2.45) is 5.10 Å². The molecule has 0 fully saturated rings. The largest absolute Gasteiger partial charge is 0.493 e. The fraction of sp³-hybridized carbons (Fsp3) is 0.278. The number of hydrogen-bond donors (Lipinski definition) is 1. The summed E-state index contributed by atoms with van der Waals surface area (Å²) in [5.74, 6) is 1.03. The standard InChI is InChI=1S/C18H20ClN3O4/c1-4-12(2)26-18-16(19)9-13(10-17(18)25-3)11-20-21-14-5-7-15(8-6-14)22(23)24/h5-12,21H,4H2,1-3H3/b20-11-/t12-/m1/s1. The van der Waals surface area contributed by atoms with Gasteiger partial charge in [-0.05, 0) is 43.2 Å². The van der Waals surface area contributed by atoms with E-state index in [4.69, 9.17) is 21.1 Å². The van der Waals surface area contributed by atoms with Gasteiger partial charge in [0, 0.05) is 12.1 Å². The lowest BCUT2D eigenvalue weighted by atomic mass is 10.2. The van der Waals surface area contributed by atoms with Crippen molar-refractivity contribution < 1.29 is 14.4 Å². The van der Waals surface area contributed by atoms with Gasteiger partial charge in [-0.1, -0.05) is 18.5 Å². The van der Waals surface area contributed by atoms with E-state index < -0.39 is 4.92 Å². The molecule has 2 aromatic carbocycles. The Bertz CT molecular complexity index is 794. The highest BCUT2D eigenvalue weighted by Gasteiger charge is 2.14. The predicted molar refractivity (Wildman–Crippen MR) is 103 cm³/mol. The Hall–Kier alpha value is -2.80. The number of nitro benzene ring substituents is 1. The minimum atomic E-state index is -0.454. The molecule has 7 nitrogen and oxygen atoms in total. The quantitative estimate of drug-likeness (QED) is 0.402. The molecule has 0 aliphatic heterocycles. The van der Waals surface area contributed by atoms with Gasteiger partial charge in [-0.2, -0.15) is 5.10 Å². The molecular weight excluding hydrogens is 358 g/mol. The second-order valence-corrected chi connectivity index (χ2v) is 5.95. The van der Waals surface area contributed by atoms with Crippen molar-refractivity contribution in [2.45, 2.75) is 26.4 Å². The minimum absolute atomic E-state index is 0.0183. The summed E-state index contributed by atoms with van der Waals surface area (Å²) < 4.78 is 11.2. The molecule has 0 amide bonds. The number of hydrazone groups is 1. The number of rotatable bonds is 8. The summed E-state index contributed by atoms with van der Waals surface area (Å²) in [5, 5.41) is 15.2. The van der Waals surface area contributed by atoms with Crippen molar-refractivity contribution in [2.75, 3.05) is 12.5 Å². The van der Waals surface area contributed by atoms with Gasteiger partial charge >= 0.3 is 0 Å². The van der Waals surface area contributed by atoms with Crippen molar-refractivity contribution in [1.82, 2.24) is 0 Å². The third-order valence-corrected chi connectivity index (χ3v) is 3.91. The second-order valence-electron chi connectivity index (χ2n) is 5.54. The SMILES string of the molecule is CC[C@@H](C)Oc1c(Cl)cc(/C=N\Nc2ccc([N+](=O)[O-])cc2)cc1OC. The van der Waals surface area contributed by atoms with E-state index in [0.29, 0.717) is 22.2 Å². The fourth-order valence-corrected chi connectivity index (χ4v) is 2.32. The topological polar surface area (TPSA) is 86.0 Å². The van der Waals surface area contributed by atoms with Crippen LogP contribution in [0.25, 0.3) is 0 Å². The van der Waals surface area contributed by atoms with Crippen LogP contribution in [0.4, 0.5) is 11.4 Å². The van der Waals surface area contributed by atoms with E-state index in [-0.39, 0.29) is 11.8 Å². The number of anilines is 1. The molecule has 0 radical (unpaired) electrons. The Balaban J connectivity index is 2.12. The van der Waals surface area contributed by atoms with Gasteiger partial charge in [0.25, 0.3) is 5.69 Å². The van der Waals surface area contributed by atoms with Crippen LogP contribution in [0, 0.1) is 10.1 Å². The van der Waals surface area contributed by atoms with Gasteiger partial charge in [0.2, 0.25) is 0 Å². The lowest BCUT2D eigenvalue weighted by Gasteiger charge is -2.17. The number of benzene rings is 2. The molecule has 0 saturated carbocycles. The van der Waals surface area contributed by atoms with Gasteiger partial charge in [-0.25, -0.2) is 0 Å². The first-order valence-electron chi connectivity index (χ1n) is 8.02. The van der Waals surface area contributed by atoms with Crippen molar-refractivity contribution in [1.29, 1.82) is 0 Å². The third kappa shape index (κ3) is 5.10. The van der Waals surface area contributed by atoms with Gasteiger partial charge in [0.1, 0.15) is 0 Å². The fourth-order valence-electron chi connectivity index (χ4n) is 2.05. The molecule has 2 rings (SSSR count). The molecular formula is C18H20ClN3O4. The molecule has 1 N–H and O–H groups in total. The summed E-state index contributed by atoms with van der Waals surface area (Å²) >= 11 is 6.31. The van der Waals surface area contributed by atoms with Crippen LogP contribution < -0.4 is 14.9 Å². The first-order valence-corrected chi connectivity index (χ1v) is 8.40. The van der Waals surface area contributed by atoms with Crippen molar-refractivity contribution >= 4 is 29.2 Å². The van der Waals surface area contributed by atoms with E-state index in [1.54, 1.807) is 37.6 Å². The third-order valence-electron chi connectivity index (χ3n) is 3.63. The van der Waals surface area contributed by atoms with Crippen LogP contribution in [0.3, 0.4) is 0 Å². The number of nitrogens with one attached hydrogen (secondary N) is 1. The molecule has 0 bridgehead atoms. The number of methoxy groups -OCH3 is 1. The van der Waals surface area contributed by atoms with Crippen molar-refractivity contribution in [3.8, 4) is 11.5 Å². The molecule has 2 aromatic rings. The molecule has 0 aliphatic rings. The molecule has 8 heteroatoms. The Morgan fingerprint density at radius 1 is 1.35 bits per heavy atom. The normalized spacial score (nSPS) is 12.0. The summed E-state index contributed by atoms with van der Waals surface area (Å²) in [7, 11) is 1.55. The van der Waals surface area contributed by atoms with Crippen LogP contribution in [0.5, 0.6) is 11.5 Å². The molecule has 0 heterocycles.